The van der Waals surface area contributed by atoms with E-state index in [1.165, 1.54) is 15.9 Å². The molecule has 15 heteroatoms. The van der Waals surface area contributed by atoms with Crippen LogP contribution >= 0.6 is 11.6 Å². The second-order valence-corrected chi connectivity index (χ2v) is 14.3. The average molecular weight is 672 g/mol. The monoisotopic (exact) mass is 671 g/mol. The van der Waals surface area contributed by atoms with Crippen molar-refractivity contribution < 1.29 is 27.5 Å². The molecule has 2 N–H and O–H groups in total. The van der Waals surface area contributed by atoms with E-state index in [9.17, 15) is 22.8 Å². The smallest absolute Gasteiger partial charge is 0.227 e. The van der Waals surface area contributed by atoms with Crippen LogP contribution in [0.1, 0.15) is 36.8 Å². The highest BCUT2D eigenvalue weighted by Gasteiger charge is 2.41. The van der Waals surface area contributed by atoms with Crippen molar-refractivity contribution in [2.45, 2.75) is 49.9 Å². The van der Waals surface area contributed by atoms with Gasteiger partial charge in [-0.15, -0.1) is 5.10 Å². The number of ketones is 1. The Labute approximate surface area is 272 Å². The van der Waals surface area contributed by atoms with E-state index in [-0.39, 0.29) is 49.7 Å². The molecule has 0 bridgehead atoms. The fraction of sp³-hybridized carbons (Fsp3) is 0.484. The maximum absolute atomic E-state index is 14.1. The summed E-state index contributed by atoms with van der Waals surface area (Å²) >= 11 is 6.25. The van der Waals surface area contributed by atoms with E-state index in [1.54, 1.807) is 53.4 Å². The van der Waals surface area contributed by atoms with Gasteiger partial charge in [0.1, 0.15) is 6.33 Å². The van der Waals surface area contributed by atoms with Gasteiger partial charge in [-0.25, -0.2) is 13.1 Å². The van der Waals surface area contributed by atoms with Gasteiger partial charge in [-0.1, -0.05) is 41.9 Å². The number of carbonyl (C=O) groups excluding carboxylic acids is 3. The van der Waals surface area contributed by atoms with Crippen molar-refractivity contribution >= 4 is 39.0 Å². The molecule has 2 aliphatic heterocycles. The largest absolute Gasteiger partial charge is 0.378 e. The Morgan fingerprint density at radius 1 is 1.07 bits per heavy atom. The van der Waals surface area contributed by atoms with Gasteiger partial charge in [0.05, 0.1) is 42.4 Å². The van der Waals surface area contributed by atoms with Crippen LogP contribution in [0, 0.1) is 5.92 Å². The fourth-order valence-electron chi connectivity index (χ4n) is 6.07. The summed E-state index contributed by atoms with van der Waals surface area (Å²) < 4.78 is 33.6. The molecular weight excluding hydrogens is 634 g/mol. The highest BCUT2D eigenvalue weighted by Crippen LogP contribution is 2.27. The lowest BCUT2D eigenvalue weighted by Crippen LogP contribution is -2.46. The first-order chi connectivity index (χ1) is 22.1. The number of likely N-dealkylation sites (tertiary alicyclic amines) is 1. The van der Waals surface area contributed by atoms with E-state index in [4.69, 9.17) is 22.1 Å². The van der Waals surface area contributed by atoms with Gasteiger partial charge in [0.15, 0.2) is 15.6 Å². The van der Waals surface area contributed by atoms with Crippen LogP contribution in [-0.4, -0.2) is 107 Å². The average Bonchev–Trinajstić information content (AvgIpc) is 3.72. The van der Waals surface area contributed by atoms with Crippen LogP contribution in [0.15, 0.2) is 54.9 Å². The number of hydrogen-bond acceptors (Lipinski definition) is 10. The third kappa shape index (κ3) is 8.75. The molecule has 0 aliphatic carbocycles. The van der Waals surface area contributed by atoms with E-state index in [0.717, 1.165) is 5.56 Å². The van der Waals surface area contributed by atoms with Gasteiger partial charge in [0.2, 0.25) is 11.8 Å². The van der Waals surface area contributed by atoms with Gasteiger partial charge in [0.25, 0.3) is 0 Å². The standard InChI is InChI=1S/C31H38ClN7O6S/c32-25-8-9-27(39-21-34-35-36-39)23(16-25)6-10-29(40)28-17-26(33)18-38(28)31(42)24(7-11-30(41)37-12-14-45-15-13-37)20-46(43,44)19-22-4-2-1-3-5-22/h1-5,8-9,16,21,24,26,28H,6-7,10-15,17-20,33H2/t24-,26-,28-/m0/s1. The number of morpholine rings is 1. The molecule has 0 unspecified atom stereocenters. The molecule has 2 aliphatic rings. The Balaban J connectivity index is 1.31. The van der Waals surface area contributed by atoms with Crippen molar-refractivity contribution in [1.82, 2.24) is 30.0 Å². The molecule has 2 fully saturated rings. The molecular formula is C31H38ClN7O6S. The number of amides is 2. The van der Waals surface area contributed by atoms with Crippen LogP contribution < -0.4 is 5.73 Å². The highest BCUT2D eigenvalue weighted by atomic mass is 35.5. The van der Waals surface area contributed by atoms with Gasteiger partial charge >= 0.3 is 0 Å². The van der Waals surface area contributed by atoms with Crippen molar-refractivity contribution in [3.05, 3.63) is 71.0 Å². The second kappa shape index (κ2) is 15.2. The first-order valence-electron chi connectivity index (χ1n) is 15.3. The first kappa shape index (κ1) is 33.6. The molecule has 46 heavy (non-hydrogen) atoms. The Morgan fingerprint density at radius 2 is 1.83 bits per heavy atom. The van der Waals surface area contributed by atoms with Crippen LogP contribution in [0.3, 0.4) is 0 Å². The molecule has 5 rings (SSSR count). The lowest BCUT2D eigenvalue weighted by Gasteiger charge is -2.30. The summed E-state index contributed by atoms with van der Waals surface area (Å²) in [6.45, 7) is 1.88. The van der Waals surface area contributed by atoms with Crippen LogP contribution in [0.4, 0.5) is 0 Å². The number of ether oxygens (including phenoxy) is 1. The number of Topliss-reactive ketones (excluding diaryl/α,β-unsaturated/α-hetero) is 1. The van der Waals surface area contributed by atoms with Gasteiger partial charge < -0.3 is 20.3 Å². The molecule has 1 aromatic heterocycles. The predicted octanol–water partition coefficient (Wildman–Crippen LogP) is 1.62. The maximum Gasteiger partial charge on any atom is 0.227 e. The molecule has 2 aromatic carbocycles. The number of carbonyl (C=O) groups is 3. The summed E-state index contributed by atoms with van der Waals surface area (Å²) in [6.07, 6.45) is 2.14. The third-order valence-electron chi connectivity index (χ3n) is 8.37. The van der Waals surface area contributed by atoms with Gasteiger partial charge in [0, 0.05) is 43.5 Å². The molecule has 3 aromatic rings. The molecule has 2 amide bonds. The number of benzene rings is 2. The molecule has 3 atom stereocenters. The second-order valence-electron chi connectivity index (χ2n) is 11.8. The quantitative estimate of drug-likeness (QED) is 0.282. The van der Waals surface area contributed by atoms with Crippen molar-refractivity contribution in [2.24, 2.45) is 11.7 Å². The zero-order valence-corrected chi connectivity index (χ0v) is 27.0. The minimum absolute atomic E-state index is 0.00442. The number of aromatic nitrogens is 4. The summed E-state index contributed by atoms with van der Waals surface area (Å²) in [5, 5.41) is 11.8. The van der Waals surface area contributed by atoms with Crippen LogP contribution in [0.5, 0.6) is 0 Å². The number of aryl methyl sites for hydroxylation is 1. The van der Waals surface area contributed by atoms with Crippen molar-refractivity contribution in [2.75, 3.05) is 38.6 Å². The zero-order chi connectivity index (χ0) is 32.7. The summed E-state index contributed by atoms with van der Waals surface area (Å²) in [7, 11) is -3.75. The van der Waals surface area contributed by atoms with E-state index in [1.807, 2.05) is 0 Å². The summed E-state index contributed by atoms with van der Waals surface area (Å²) in [4.78, 5) is 43.9. The van der Waals surface area contributed by atoms with Crippen molar-refractivity contribution in [1.29, 1.82) is 0 Å². The fourth-order valence-corrected chi connectivity index (χ4v) is 8.00. The number of nitrogens with two attached hydrogens (primary N) is 1. The zero-order valence-electron chi connectivity index (χ0n) is 25.4. The van der Waals surface area contributed by atoms with Crippen molar-refractivity contribution in [3.8, 4) is 5.69 Å². The molecule has 2 saturated heterocycles. The molecule has 0 saturated carbocycles. The van der Waals surface area contributed by atoms with Gasteiger partial charge in [-0.2, -0.15) is 0 Å². The Morgan fingerprint density at radius 3 is 2.54 bits per heavy atom. The van der Waals surface area contributed by atoms with Crippen LogP contribution in [0.2, 0.25) is 5.02 Å². The third-order valence-corrected chi connectivity index (χ3v) is 10.3. The van der Waals surface area contributed by atoms with Gasteiger partial charge in [-0.3, -0.25) is 14.4 Å². The molecule has 13 nitrogen and oxygen atoms in total. The SMILES string of the molecule is N[C@H]1C[C@@H](C(=O)CCc2cc(Cl)ccc2-n2cnnn2)N(C(=O)[C@@H](CCC(=O)N2CCOCC2)CS(=O)(=O)Cc2ccccc2)C1. The van der Waals surface area contributed by atoms with Crippen LogP contribution in [0.25, 0.3) is 5.69 Å². The molecule has 3 heterocycles. The number of sulfone groups is 1. The van der Waals surface area contributed by atoms with Crippen LogP contribution in [-0.2, 0) is 41.1 Å². The number of rotatable bonds is 13. The van der Waals surface area contributed by atoms with E-state index in [0.29, 0.717) is 49.0 Å². The van der Waals surface area contributed by atoms with E-state index in [2.05, 4.69) is 15.5 Å². The molecule has 0 radical (unpaired) electrons. The normalized spacial score (nSPS) is 19.3. The summed E-state index contributed by atoms with van der Waals surface area (Å²) in [5.74, 6) is -2.53. The summed E-state index contributed by atoms with van der Waals surface area (Å²) in [6, 6.07) is 12.7. The summed E-state index contributed by atoms with van der Waals surface area (Å²) in [5.41, 5.74) is 8.31. The molecule has 0 spiro atoms. The molecule has 246 valence electrons. The Bertz CT molecular complexity index is 1620. The number of hydrogen-bond donors (Lipinski definition) is 1. The number of nitrogens with zero attached hydrogens (tertiary/aromatic N) is 6. The lowest BCUT2D eigenvalue weighted by atomic mass is 9.98. The first-order valence-corrected chi connectivity index (χ1v) is 17.5. The topological polar surface area (TPSA) is 171 Å². The van der Waals surface area contributed by atoms with E-state index < -0.39 is 39.5 Å². The number of tetrazole rings is 1. The lowest BCUT2D eigenvalue weighted by molar-refractivity contribution is -0.141. The maximum atomic E-state index is 14.1. The van der Waals surface area contributed by atoms with Gasteiger partial charge in [-0.05, 0) is 59.0 Å². The van der Waals surface area contributed by atoms with Crippen molar-refractivity contribution in [3.63, 3.8) is 0 Å². The Kier molecular flexibility index (Phi) is 11.1. The predicted molar refractivity (Wildman–Crippen MR) is 170 cm³/mol. The highest BCUT2D eigenvalue weighted by molar-refractivity contribution is 7.90. The van der Waals surface area contributed by atoms with E-state index >= 15 is 0 Å². The number of halogens is 1. The Hall–Kier alpha value is -3.72. The minimum Gasteiger partial charge on any atom is -0.378 e. The minimum atomic E-state index is -3.75.